The molecule has 3 aromatic heterocycles. The fraction of sp³-hybridized carbons (Fsp3) is 0.382. The number of aliphatic imine (C=N–C) groups is 1. The Morgan fingerprint density at radius 2 is 1.31 bits per heavy atom. The van der Waals surface area contributed by atoms with Crippen molar-refractivity contribution >= 4 is 42.0 Å². The summed E-state index contributed by atoms with van der Waals surface area (Å²) < 4.78 is 0. The number of carboxylic acid groups (broad SMARTS) is 2. The van der Waals surface area contributed by atoms with Gasteiger partial charge in [-0.1, -0.05) is 13.8 Å². The van der Waals surface area contributed by atoms with E-state index in [2.05, 4.69) is 60.9 Å². The average molecular weight is 569 g/mol. The number of aromatic nitrogens is 3. The molecule has 0 radical (unpaired) electrons. The Bertz CT molecular complexity index is 1910. The summed E-state index contributed by atoms with van der Waals surface area (Å²) >= 11 is 0. The van der Waals surface area contributed by atoms with Crippen LogP contribution < -0.4 is 21.4 Å². The molecule has 0 amide bonds. The van der Waals surface area contributed by atoms with Gasteiger partial charge in [0.25, 0.3) is 0 Å². The van der Waals surface area contributed by atoms with Crippen LogP contribution in [0.15, 0.2) is 16.1 Å². The quantitative estimate of drug-likeness (QED) is 0.286. The summed E-state index contributed by atoms with van der Waals surface area (Å²) in [4.78, 5) is 39.1. The number of allylic oxidation sites excluding steroid dienone is 1. The lowest BCUT2D eigenvalue weighted by molar-refractivity contribution is -0.138. The van der Waals surface area contributed by atoms with Crippen LogP contribution in [0.5, 0.6) is 0 Å². The van der Waals surface area contributed by atoms with Gasteiger partial charge in [-0.2, -0.15) is 0 Å². The Morgan fingerprint density at radius 3 is 1.95 bits per heavy atom. The van der Waals surface area contributed by atoms with Crippen molar-refractivity contribution < 1.29 is 19.8 Å². The van der Waals surface area contributed by atoms with Gasteiger partial charge in [-0.3, -0.25) is 14.6 Å². The molecule has 5 heterocycles. The van der Waals surface area contributed by atoms with E-state index in [0.29, 0.717) is 12.8 Å². The molecule has 0 saturated carbocycles. The van der Waals surface area contributed by atoms with Crippen LogP contribution >= 0.6 is 0 Å². The minimum atomic E-state index is -0.850. The SMILES string of the molecule is CCC1=C(C)C2=NC1C=c1[nH]c(c(CC)c1C)=Cc1[nH]c(c(CCC(=O)O)c1C)C=c1[nH]c(c(C)c1CCC(=O)O)=C2. The fourth-order valence-electron chi connectivity index (χ4n) is 6.48. The van der Waals surface area contributed by atoms with Gasteiger partial charge >= 0.3 is 11.9 Å². The molecule has 2 aliphatic rings. The average Bonchev–Trinajstić information content (AvgIpc) is 3.59. The van der Waals surface area contributed by atoms with E-state index in [9.17, 15) is 19.8 Å². The molecule has 0 saturated heterocycles. The van der Waals surface area contributed by atoms with Gasteiger partial charge in [0.15, 0.2) is 0 Å². The minimum absolute atomic E-state index is 0.0125. The third kappa shape index (κ3) is 5.33. The Kier molecular flexibility index (Phi) is 7.99. The number of rotatable bonds is 8. The van der Waals surface area contributed by atoms with Crippen molar-refractivity contribution in [3.05, 3.63) is 77.3 Å². The van der Waals surface area contributed by atoms with Gasteiger partial charge in [0.05, 0.1) is 11.8 Å². The zero-order chi connectivity index (χ0) is 30.3. The summed E-state index contributed by atoms with van der Waals surface area (Å²) in [5.74, 6) is -1.70. The van der Waals surface area contributed by atoms with Gasteiger partial charge in [-0.05, 0) is 122 Å². The normalized spacial score (nSPS) is 16.0. The Morgan fingerprint density at radius 1 is 0.714 bits per heavy atom. The first-order valence-corrected chi connectivity index (χ1v) is 14.8. The fourth-order valence-corrected chi connectivity index (χ4v) is 6.48. The predicted octanol–water partition coefficient (Wildman–Crippen LogP) is 2.97. The second kappa shape index (κ2) is 11.5. The van der Waals surface area contributed by atoms with Crippen molar-refractivity contribution in [1.29, 1.82) is 0 Å². The predicted molar refractivity (Wildman–Crippen MR) is 167 cm³/mol. The second-order valence-electron chi connectivity index (χ2n) is 11.4. The second-order valence-corrected chi connectivity index (χ2v) is 11.4. The third-order valence-electron chi connectivity index (χ3n) is 8.95. The van der Waals surface area contributed by atoms with Crippen LogP contribution in [-0.2, 0) is 28.9 Å². The van der Waals surface area contributed by atoms with Crippen molar-refractivity contribution in [3.8, 4) is 0 Å². The van der Waals surface area contributed by atoms with Gasteiger partial charge in [0, 0.05) is 45.6 Å². The smallest absolute Gasteiger partial charge is 0.303 e. The summed E-state index contributed by atoms with van der Waals surface area (Å²) in [6.07, 6.45) is 11.0. The molecule has 8 bridgehead atoms. The van der Waals surface area contributed by atoms with E-state index in [4.69, 9.17) is 4.99 Å². The summed E-state index contributed by atoms with van der Waals surface area (Å²) in [5.41, 5.74) is 11.5. The van der Waals surface area contributed by atoms with Crippen LogP contribution in [0.2, 0.25) is 0 Å². The number of carbonyl (C=O) groups is 2. The molecule has 0 fully saturated rings. The molecule has 8 heteroatoms. The number of aliphatic carboxylic acids is 2. The van der Waals surface area contributed by atoms with Gasteiger partial charge in [-0.25, -0.2) is 0 Å². The highest BCUT2D eigenvalue weighted by Gasteiger charge is 2.23. The van der Waals surface area contributed by atoms with Crippen molar-refractivity contribution in [3.63, 3.8) is 0 Å². The molecule has 0 aliphatic carbocycles. The first kappa shape index (κ1) is 29.2. The molecule has 1 unspecified atom stereocenters. The Hall–Kier alpha value is -4.33. The largest absolute Gasteiger partial charge is 0.481 e. The van der Waals surface area contributed by atoms with E-state index >= 15 is 0 Å². The van der Waals surface area contributed by atoms with Crippen LogP contribution in [0.25, 0.3) is 24.3 Å². The lowest BCUT2D eigenvalue weighted by atomic mass is 9.99. The van der Waals surface area contributed by atoms with E-state index in [1.165, 1.54) is 22.3 Å². The number of nitrogens with zero attached hydrogens (tertiary/aromatic N) is 1. The molecule has 42 heavy (non-hydrogen) atoms. The van der Waals surface area contributed by atoms with E-state index in [1.54, 1.807) is 0 Å². The van der Waals surface area contributed by atoms with Gasteiger partial charge in [-0.15, -0.1) is 0 Å². The van der Waals surface area contributed by atoms with Crippen molar-refractivity contribution in [2.45, 2.75) is 86.1 Å². The first-order valence-electron chi connectivity index (χ1n) is 14.8. The van der Waals surface area contributed by atoms with Crippen LogP contribution in [0.3, 0.4) is 0 Å². The maximum atomic E-state index is 11.6. The van der Waals surface area contributed by atoms with Crippen molar-refractivity contribution in [1.82, 2.24) is 15.0 Å². The van der Waals surface area contributed by atoms with Crippen LogP contribution in [-0.4, -0.2) is 48.9 Å². The third-order valence-corrected chi connectivity index (χ3v) is 8.95. The molecule has 1 atom stereocenters. The molecule has 3 aromatic rings. The topological polar surface area (TPSA) is 134 Å². The summed E-state index contributed by atoms with van der Waals surface area (Å²) in [5, 5.41) is 22.8. The Labute approximate surface area is 245 Å². The van der Waals surface area contributed by atoms with E-state index < -0.39 is 11.9 Å². The lowest BCUT2D eigenvalue weighted by Gasteiger charge is -2.06. The highest BCUT2D eigenvalue weighted by Crippen LogP contribution is 2.27. The van der Waals surface area contributed by atoms with Crippen LogP contribution in [0.4, 0.5) is 0 Å². The molecule has 0 spiro atoms. The highest BCUT2D eigenvalue weighted by atomic mass is 16.4. The maximum Gasteiger partial charge on any atom is 0.303 e. The summed E-state index contributed by atoms with van der Waals surface area (Å²) in [6.45, 7) is 12.7. The molecule has 220 valence electrons. The Balaban J connectivity index is 1.88. The molecule has 8 nitrogen and oxygen atoms in total. The number of nitrogens with one attached hydrogen (secondary N) is 3. The zero-order valence-corrected chi connectivity index (χ0v) is 25.3. The zero-order valence-electron chi connectivity index (χ0n) is 25.3. The van der Waals surface area contributed by atoms with E-state index in [1.807, 2.05) is 19.9 Å². The minimum Gasteiger partial charge on any atom is -0.481 e. The molecule has 0 aromatic carbocycles. The number of fused-ring (bicyclic) bond motifs is 7. The van der Waals surface area contributed by atoms with E-state index in [0.717, 1.165) is 73.6 Å². The first-order chi connectivity index (χ1) is 20.0. The molecule has 5 rings (SSSR count). The van der Waals surface area contributed by atoms with Crippen molar-refractivity contribution in [2.24, 2.45) is 4.99 Å². The monoisotopic (exact) mass is 568 g/mol. The van der Waals surface area contributed by atoms with Crippen molar-refractivity contribution in [2.75, 3.05) is 0 Å². The summed E-state index contributed by atoms with van der Waals surface area (Å²) in [7, 11) is 0. The molecular weight excluding hydrogens is 528 g/mol. The number of aromatic amines is 3. The summed E-state index contributed by atoms with van der Waals surface area (Å²) in [6, 6.07) is -0.0710. The van der Waals surface area contributed by atoms with Gasteiger partial charge in [0.2, 0.25) is 0 Å². The van der Waals surface area contributed by atoms with Gasteiger partial charge in [0.1, 0.15) is 0 Å². The molecular formula is C34H40N4O4. The number of hydrogen-bond donors (Lipinski definition) is 5. The highest BCUT2D eigenvalue weighted by molar-refractivity contribution is 6.22. The molecule has 5 N–H and O–H groups in total. The number of hydrogen-bond acceptors (Lipinski definition) is 3. The lowest BCUT2D eigenvalue weighted by Crippen LogP contribution is -2.16. The van der Waals surface area contributed by atoms with Gasteiger partial charge < -0.3 is 25.2 Å². The maximum absolute atomic E-state index is 11.6. The number of carboxylic acids is 2. The van der Waals surface area contributed by atoms with Crippen LogP contribution in [0, 0.1) is 20.8 Å². The van der Waals surface area contributed by atoms with Crippen LogP contribution in [0.1, 0.15) is 84.8 Å². The molecule has 2 aliphatic heterocycles. The van der Waals surface area contributed by atoms with E-state index in [-0.39, 0.29) is 18.9 Å². The number of H-pyrrole nitrogens is 3. The standard InChI is InChI=1S/C34H40N4O4/c1-7-21-17(3)25-13-26-19(5)23(9-11-33(39)40)31(37-26)16-32-24(10-12-34(41)42)20(6)28(38-32)15-30-22(8-2)18(4)27(36-30)14-29(21)35-25/h13-16,29,36-38H,7-12H2,1-6H3,(H,39,40)(H,41,42).